The summed E-state index contributed by atoms with van der Waals surface area (Å²) in [5.74, 6) is 1.50. The van der Waals surface area contributed by atoms with Crippen LogP contribution in [0.3, 0.4) is 0 Å². The highest BCUT2D eigenvalue weighted by Crippen LogP contribution is 2.19. The van der Waals surface area contributed by atoms with E-state index in [9.17, 15) is 0 Å². The lowest BCUT2D eigenvalue weighted by molar-refractivity contribution is 0.415. The molecule has 0 saturated carbocycles. The van der Waals surface area contributed by atoms with E-state index in [4.69, 9.17) is 4.74 Å². The Morgan fingerprint density at radius 1 is 1.21 bits per heavy atom. The number of methoxy groups -OCH3 is 1. The van der Waals surface area contributed by atoms with Crippen LogP contribution in [-0.2, 0) is 0 Å². The molecule has 0 atom stereocenters. The van der Waals surface area contributed by atoms with Gasteiger partial charge in [-0.2, -0.15) is 0 Å². The molecular weight excluding hydrogens is 172 g/mol. The summed E-state index contributed by atoms with van der Waals surface area (Å²) in [5, 5.41) is 0. The van der Waals surface area contributed by atoms with Crippen molar-refractivity contribution in [2.24, 2.45) is 5.92 Å². The monoisotopic (exact) mass is 190 g/mol. The van der Waals surface area contributed by atoms with Gasteiger partial charge in [-0.05, 0) is 36.1 Å². The van der Waals surface area contributed by atoms with Crippen molar-refractivity contribution in [2.45, 2.75) is 20.8 Å². The maximum Gasteiger partial charge on any atom is 0.118 e. The number of hydrogen-bond acceptors (Lipinski definition) is 1. The van der Waals surface area contributed by atoms with Crippen molar-refractivity contribution < 1.29 is 4.74 Å². The fourth-order valence-electron chi connectivity index (χ4n) is 1.45. The third kappa shape index (κ3) is 2.91. The van der Waals surface area contributed by atoms with E-state index in [0.29, 0.717) is 5.92 Å². The van der Waals surface area contributed by atoms with E-state index in [1.54, 1.807) is 7.11 Å². The Balaban J connectivity index is 2.86. The van der Waals surface area contributed by atoms with E-state index in [2.05, 4.69) is 39.0 Å². The van der Waals surface area contributed by atoms with Crippen molar-refractivity contribution >= 4 is 5.57 Å². The van der Waals surface area contributed by atoms with E-state index in [0.717, 1.165) is 5.75 Å². The second-order valence-corrected chi connectivity index (χ2v) is 3.82. The maximum absolute atomic E-state index is 5.11. The van der Waals surface area contributed by atoms with Gasteiger partial charge in [0.2, 0.25) is 0 Å². The molecule has 0 aliphatic carbocycles. The Bertz CT molecular complexity index is 307. The molecule has 1 rings (SSSR count). The molecule has 0 radical (unpaired) electrons. The average Bonchev–Trinajstić information content (AvgIpc) is 2.17. The normalized spacial score (nSPS) is 11.9. The first-order valence-electron chi connectivity index (χ1n) is 4.96. The van der Waals surface area contributed by atoms with Gasteiger partial charge < -0.3 is 4.74 Å². The van der Waals surface area contributed by atoms with Crippen molar-refractivity contribution in [2.75, 3.05) is 7.11 Å². The van der Waals surface area contributed by atoms with Crippen molar-refractivity contribution in [3.8, 4) is 5.75 Å². The van der Waals surface area contributed by atoms with Gasteiger partial charge in [0.15, 0.2) is 0 Å². The Hall–Kier alpha value is -1.24. The highest BCUT2D eigenvalue weighted by molar-refractivity contribution is 5.64. The SMILES string of the molecule is COc1ccc(/C(C)=C/C(C)C)cc1. The van der Waals surface area contributed by atoms with Crippen LogP contribution in [0.5, 0.6) is 5.75 Å². The largest absolute Gasteiger partial charge is 0.497 e. The van der Waals surface area contributed by atoms with Gasteiger partial charge in [-0.15, -0.1) is 0 Å². The summed E-state index contributed by atoms with van der Waals surface area (Å²) in [6.07, 6.45) is 2.27. The molecule has 76 valence electrons. The first kappa shape index (κ1) is 10.8. The predicted octanol–water partition coefficient (Wildman–Crippen LogP) is 3.75. The molecule has 0 amide bonds. The van der Waals surface area contributed by atoms with Crippen LogP contribution in [0.4, 0.5) is 0 Å². The minimum absolute atomic E-state index is 0.595. The van der Waals surface area contributed by atoms with E-state index in [1.807, 2.05) is 12.1 Å². The molecule has 1 nitrogen and oxygen atoms in total. The van der Waals surface area contributed by atoms with E-state index >= 15 is 0 Å². The quantitative estimate of drug-likeness (QED) is 0.705. The van der Waals surface area contributed by atoms with Gasteiger partial charge >= 0.3 is 0 Å². The Labute approximate surface area is 86.4 Å². The van der Waals surface area contributed by atoms with E-state index < -0.39 is 0 Å². The lowest BCUT2D eigenvalue weighted by Gasteiger charge is -2.05. The number of allylic oxidation sites excluding steroid dienone is 2. The molecule has 0 fully saturated rings. The van der Waals surface area contributed by atoms with Crippen molar-refractivity contribution in [3.05, 3.63) is 35.9 Å². The average molecular weight is 190 g/mol. The standard InChI is InChI=1S/C13H18O/c1-10(2)9-11(3)12-5-7-13(14-4)8-6-12/h5-10H,1-4H3/b11-9+. The van der Waals surface area contributed by atoms with Crippen LogP contribution in [-0.4, -0.2) is 7.11 Å². The van der Waals surface area contributed by atoms with Crippen LogP contribution < -0.4 is 4.74 Å². The summed E-state index contributed by atoms with van der Waals surface area (Å²) in [6.45, 7) is 6.52. The van der Waals surface area contributed by atoms with Gasteiger partial charge in [-0.3, -0.25) is 0 Å². The molecular formula is C13H18O. The molecule has 0 heterocycles. The first-order chi connectivity index (χ1) is 6.63. The van der Waals surface area contributed by atoms with Crippen molar-refractivity contribution in [3.63, 3.8) is 0 Å². The van der Waals surface area contributed by atoms with Crippen molar-refractivity contribution in [1.29, 1.82) is 0 Å². The lowest BCUT2D eigenvalue weighted by atomic mass is 10.0. The molecule has 1 aromatic rings. The topological polar surface area (TPSA) is 9.23 Å². The van der Waals surface area contributed by atoms with Crippen LogP contribution in [0.1, 0.15) is 26.3 Å². The molecule has 0 saturated heterocycles. The maximum atomic E-state index is 5.11. The van der Waals surface area contributed by atoms with Crippen LogP contribution in [0, 0.1) is 5.92 Å². The fourth-order valence-corrected chi connectivity index (χ4v) is 1.45. The van der Waals surface area contributed by atoms with Gasteiger partial charge in [-0.1, -0.05) is 32.1 Å². The van der Waals surface area contributed by atoms with E-state index in [1.165, 1.54) is 11.1 Å². The zero-order chi connectivity index (χ0) is 10.6. The fraction of sp³-hybridized carbons (Fsp3) is 0.385. The summed E-state index contributed by atoms with van der Waals surface area (Å²) in [5.41, 5.74) is 2.59. The smallest absolute Gasteiger partial charge is 0.118 e. The zero-order valence-electron chi connectivity index (χ0n) is 9.37. The van der Waals surface area contributed by atoms with Crippen LogP contribution in [0.25, 0.3) is 5.57 Å². The molecule has 0 spiro atoms. The lowest BCUT2D eigenvalue weighted by Crippen LogP contribution is -1.86. The molecule has 14 heavy (non-hydrogen) atoms. The van der Waals surface area contributed by atoms with Gasteiger partial charge in [0, 0.05) is 0 Å². The number of rotatable bonds is 3. The first-order valence-corrected chi connectivity index (χ1v) is 4.96. The summed E-state index contributed by atoms with van der Waals surface area (Å²) in [7, 11) is 1.69. The Kier molecular flexibility index (Phi) is 3.75. The molecule has 0 N–H and O–H groups in total. The second kappa shape index (κ2) is 4.85. The summed E-state index contributed by atoms with van der Waals surface area (Å²) >= 11 is 0. The summed E-state index contributed by atoms with van der Waals surface area (Å²) in [6, 6.07) is 8.17. The Morgan fingerprint density at radius 2 is 1.79 bits per heavy atom. The van der Waals surface area contributed by atoms with Crippen LogP contribution >= 0.6 is 0 Å². The van der Waals surface area contributed by atoms with Gasteiger partial charge in [0.25, 0.3) is 0 Å². The number of benzene rings is 1. The van der Waals surface area contributed by atoms with Gasteiger partial charge in [-0.25, -0.2) is 0 Å². The molecule has 1 aromatic carbocycles. The van der Waals surface area contributed by atoms with Gasteiger partial charge in [0.1, 0.15) is 5.75 Å². The molecule has 0 bridgehead atoms. The van der Waals surface area contributed by atoms with Crippen LogP contribution in [0.15, 0.2) is 30.3 Å². The van der Waals surface area contributed by atoms with Gasteiger partial charge in [0.05, 0.1) is 7.11 Å². The molecule has 1 heteroatoms. The molecule has 0 aliphatic rings. The van der Waals surface area contributed by atoms with Crippen LogP contribution in [0.2, 0.25) is 0 Å². The molecule has 0 unspecified atom stereocenters. The molecule has 0 aromatic heterocycles. The number of ether oxygens (including phenoxy) is 1. The minimum atomic E-state index is 0.595. The van der Waals surface area contributed by atoms with Crippen molar-refractivity contribution in [1.82, 2.24) is 0 Å². The third-order valence-electron chi connectivity index (χ3n) is 2.13. The summed E-state index contributed by atoms with van der Waals surface area (Å²) < 4.78 is 5.11. The highest BCUT2D eigenvalue weighted by Gasteiger charge is 1.97. The second-order valence-electron chi connectivity index (χ2n) is 3.82. The minimum Gasteiger partial charge on any atom is -0.497 e. The van der Waals surface area contributed by atoms with E-state index in [-0.39, 0.29) is 0 Å². The number of hydrogen-bond donors (Lipinski definition) is 0. The summed E-state index contributed by atoms with van der Waals surface area (Å²) in [4.78, 5) is 0. The molecule has 0 aliphatic heterocycles. The Morgan fingerprint density at radius 3 is 2.21 bits per heavy atom. The predicted molar refractivity (Wildman–Crippen MR) is 61.5 cm³/mol. The highest BCUT2D eigenvalue weighted by atomic mass is 16.5. The zero-order valence-corrected chi connectivity index (χ0v) is 9.37. The third-order valence-corrected chi connectivity index (χ3v) is 2.13.